The van der Waals surface area contributed by atoms with Crippen LogP contribution in [0.15, 0.2) is 78.9 Å². The Hall–Kier alpha value is -2.98. The Labute approximate surface area is 152 Å². The lowest BCUT2D eigenvalue weighted by Gasteiger charge is -2.22. The third kappa shape index (κ3) is 4.77. The Kier molecular flexibility index (Phi) is 5.77. The molecular weight excluding hydrogens is 329 g/mol. The summed E-state index contributed by atoms with van der Waals surface area (Å²) in [7, 11) is 0. The fourth-order valence-corrected chi connectivity index (χ4v) is 2.68. The van der Waals surface area contributed by atoms with Gasteiger partial charge in [-0.3, -0.25) is 0 Å². The summed E-state index contributed by atoms with van der Waals surface area (Å²) in [4.78, 5) is 18.1. The van der Waals surface area contributed by atoms with E-state index in [0.29, 0.717) is 18.7 Å². The first-order valence-corrected chi connectivity index (χ1v) is 8.43. The summed E-state index contributed by atoms with van der Waals surface area (Å²) in [5.74, 6) is -0.691. The number of hydroxylamine groups is 2. The fraction of sp³-hybridized carbons (Fsp3) is 0.136. The van der Waals surface area contributed by atoms with Crippen LogP contribution in [-0.2, 0) is 17.9 Å². The van der Waals surface area contributed by atoms with Crippen LogP contribution in [0.25, 0.3) is 0 Å². The zero-order chi connectivity index (χ0) is 18.4. The van der Waals surface area contributed by atoms with Gasteiger partial charge in [-0.1, -0.05) is 54.6 Å². The molecule has 3 rings (SSSR count). The highest BCUT2D eigenvalue weighted by molar-refractivity contribution is 5.89. The van der Waals surface area contributed by atoms with Crippen LogP contribution in [0.2, 0.25) is 0 Å². The molecule has 132 valence electrons. The molecule has 0 bridgehead atoms. The number of nitrogens with zero attached hydrogens (tertiary/aromatic N) is 1. The van der Waals surface area contributed by atoms with Crippen molar-refractivity contribution < 1.29 is 14.0 Å². The molecule has 0 N–H and O–H groups in total. The highest BCUT2D eigenvalue weighted by Gasteiger charge is 2.16. The van der Waals surface area contributed by atoms with Crippen LogP contribution in [0.3, 0.4) is 0 Å². The van der Waals surface area contributed by atoms with Gasteiger partial charge in [0.2, 0.25) is 0 Å². The van der Waals surface area contributed by atoms with Crippen LogP contribution < -0.4 is 0 Å². The van der Waals surface area contributed by atoms with E-state index in [4.69, 9.17) is 4.84 Å². The quantitative estimate of drug-likeness (QED) is 0.592. The number of hydrogen-bond donors (Lipinski definition) is 0. The molecule has 0 radical (unpaired) electrons. The van der Waals surface area contributed by atoms with E-state index in [9.17, 15) is 9.18 Å². The van der Waals surface area contributed by atoms with Gasteiger partial charge in [0.1, 0.15) is 5.82 Å². The molecule has 0 spiro atoms. The number of hydrogen-bond acceptors (Lipinski definition) is 3. The first-order valence-electron chi connectivity index (χ1n) is 8.43. The van der Waals surface area contributed by atoms with Crippen LogP contribution in [-0.4, -0.2) is 11.0 Å². The fourth-order valence-electron chi connectivity index (χ4n) is 2.68. The number of carbonyl (C=O) groups is 1. The van der Waals surface area contributed by atoms with E-state index in [1.54, 1.807) is 35.4 Å². The number of rotatable bonds is 6. The Morgan fingerprint density at radius 2 is 1.58 bits per heavy atom. The van der Waals surface area contributed by atoms with Gasteiger partial charge >= 0.3 is 5.97 Å². The molecule has 0 heterocycles. The Balaban J connectivity index is 1.80. The number of benzene rings is 3. The average Bonchev–Trinajstić information content (AvgIpc) is 2.65. The minimum atomic E-state index is -0.415. The number of aryl methyl sites for hydroxylation is 1. The molecule has 0 aliphatic rings. The van der Waals surface area contributed by atoms with E-state index in [1.807, 2.05) is 43.3 Å². The van der Waals surface area contributed by atoms with Gasteiger partial charge in [0.05, 0.1) is 18.7 Å². The normalized spacial score (nSPS) is 10.7. The first-order chi connectivity index (χ1) is 12.6. The summed E-state index contributed by atoms with van der Waals surface area (Å²) >= 11 is 0. The largest absolute Gasteiger partial charge is 0.363 e. The van der Waals surface area contributed by atoms with E-state index in [0.717, 1.165) is 16.7 Å². The molecule has 26 heavy (non-hydrogen) atoms. The maximum Gasteiger partial charge on any atom is 0.357 e. The molecule has 0 fully saturated rings. The molecule has 4 heteroatoms. The summed E-state index contributed by atoms with van der Waals surface area (Å²) in [6, 6.07) is 23.3. The van der Waals surface area contributed by atoms with Gasteiger partial charge < -0.3 is 4.84 Å². The van der Waals surface area contributed by atoms with E-state index >= 15 is 0 Å². The lowest BCUT2D eigenvalue weighted by Crippen LogP contribution is -2.27. The van der Waals surface area contributed by atoms with Crippen molar-refractivity contribution in [1.82, 2.24) is 5.06 Å². The second kappa shape index (κ2) is 8.41. The first kappa shape index (κ1) is 17.8. The molecule has 0 aliphatic carbocycles. The molecule has 0 atom stereocenters. The van der Waals surface area contributed by atoms with E-state index in [2.05, 4.69) is 0 Å². The van der Waals surface area contributed by atoms with Gasteiger partial charge in [-0.25, -0.2) is 9.18 Å². The maximum atomic E-state index is 13.4. The lowest BCUT2D eigenvalue weighted by molar-refractivity contribution is -0.123. The zero-order valence-corrected chi connectivity index (χ0v) is 14.6. The van der Waals surface area contributed by atoms with Gasteiger partial charge in [-0.2, -0.15) is 0 Å². The molecule has 3 aromatic rings. The number of carbonyl (C=O) groups excluding carboxylic acids is 1. The summed E-state index contributed by atoms with van der Waals surface area (Å²) < 4.78 is 13.4. The topological polar surface area (TPSA) is 29.5 Å². The predicted molar refractivity (Wildman–Crippen MR) is 98.7 cm³/mol. The standard InChI is InChI=1S/C22H20FNO2/c1-17-14-21(23)13-12-20(17)16-24(15-18-8-4-2-5-9-18)26-22(25)19-10-6-3-7-11-19/h2-14H,15-16H2,1H3. The lowest BCUT2D eigenvalue weighted by atomic mass is 10.1. The van der Waals surface area contributed by atoms with Crippen molar-refractivity contribution >= 4 is 5.97 Å². The smallest absolute Gasteiger partial charge is 0.357 e. The Morgan fingerprint density at radius 3 is 2.23 bits per heavy atom. The van der Waals surface area contributed by atoms with Crippen molar-refractivity contribution in [3.05, 3.63) is 107 Å². The van der Waals surface area contributed by atoms with Crippen LogP contribution in [0, 0.1) is 12.7 Å². The molecule has 0 unspecified atom stereocenters. The number of halogens is 1. The van der Waals surface area contributed by atoms with Crippen molar-refractivity contribution in [2.45, 2.75) is 20.0 Å². The summed E-state index contributed by atoms with van der Waals surface area (Å²) in [6.07, 6.45) is 0. The van der Waals surface area contributed by atoms with E-state index < -0.39 is 5.97 Å². The highest BCUT2D eigenvalue weighted by atomic mass is 19.1. The van der Waals surface area contributed by atoms with E-state index in [1.165, 1.54) is 12.1 Å². The van der Waals surface area contributed by atoms with Crippen LogP contribution in [0.4, 0.5) is 4.39 Å². The third-order valence-electron chi connectivity index (χ3n) is 4.07. The SMILES string of the molecule is Cc1cc(F)ccc1CN(Cc1ccccc1)OC(=O)c1ccccc1. The third-order valence-corrected chi connectivity index (χ3v) is 4.07. The van der Waals surface area contributed by atoms with Crippen molar-refractivity contribution in [3.63, 3.8) is 0 Å². The summed E-state index contributed by atoms with van der Waals surface area (Å²) in [6.45, 7) is 2.66. The molecule has 0 saturated heterocycles. The van der Waals surface area contributed by atoms with Crippen LogP contribution in [0.1, 0.15) is 27.0 Å². The van der Waals surface area contributed by atoms with Gasteiger partial charge in [0.25, 0.3) is 0 Å². The van der Waals surface area contributed by atoms with Crippen LogP contribution >= 0.6 is 0 Å². The second-order valence-electron chi connectivity index (χ2n) is 6.10. The minimum absolute atomic E-state index is 0.276. The molecule has 0 aliphatic heterocycles. The minimum Gasteiger partial charge on any atom is -0.363 e. The van der Waals surface area contributed by atoms with Gasteiger partial charge in [-0.05, 0) is 47.9 Å². The van der Waals surface area contributed by atoms with Crippen molar-refractivity contribution in [2.24, 2.45) is 0 Å². The van der Waals surface area contributed by atoms with Crippen molar-refractivity contribution in [1.29, 1.82) is 0 Å². The molecule has 3 nitrogen and oxygen atoms in total. The summed E-state index contributed by atoms with van der Waals surface area (Å²) in [5, 5.41) is 1.60. The monoisotopic (exact) mass is 349 g/mol. The molecule has 0 amide bonds. The Bertz CT molecular complexity index is 866. The van der Waals surface area contributed by atoms with Crippen molar-refractivity contribution in [2.75, 3.05) is 0 Å². The zero-order valence-electron chi connectivity index (χ0n) is 14.6. The highest BCUT2D eigenvalue weighted by Crippen LogP contribution is 2.16. The maximum absolute atomic E-state index is 13.4. The van der Waals surface area contributed by atoms with Gasteiger partial charge in [-0.15, -0.1) is 5.06 Å². The second-order valence-corrected chi connectivity index (χ2v) is 6.10. The predicted octanol–water partition coefficient (Wildman–Crippen LogP) is 4.91. The average molecular weight is 349 g/mol. The Morgan fingerprint density at radius 1 is 0.923 bits per heavy atom. The molecule has 0 saturated carbocycles. The molecule has 0 aromatic heterocycles. The van der Waals surface area contributed by atoms with E-state index in [-0.39, 0.29) is 5.82 Å². The summed E-state index contributed by atoms with van der Waals surface area (Å²) in [5.41, 5.74) is 3.23. The van der Waals surface area contributed by atoms with Crippen molar-refractivity contribution in [3.8, 4) is 0 Å². The molecular formula is C22H20FNO2. The molecule has 3 aromatic carbocycles. The van der Waals surface area contributed by atoms with Crippen LogP contribution in [0.5, 0.6) is 0 Å². The van der Waals surface area contributed by atoms with Gasteiger partial charge in [0, 0.05) is 0 Å². The van der Waals surface area contributed by atoms with Gasteiger partial charge in [0.15, 0.2) is 0 Å².